The van der Waals surface area contributed by atoms with Gasteiger partial charge in [0.25, 0.3) is 0 Å². The van der Waals surface area contributed by atoms with E-state index in [9.17, 15) is 14.4 Å². The number of hydrogen-bond acceptors (Lipinski definition) is 6. The maximum absolute atomic E-state index is 14.3. The van der Waals surface area contributed by atoms with Crippen molar-refractivity contribution < 1.29 is 23.9 Å². The third-order valence-electron chi connectivity index (χ3n) is 11.9. The zero-order valence-corrected chi connectivity index (χ0v) is 24.4. The van der Waals surface area contributed by atoms with Crippen LogP contribution in [-0.4, -0.2) is 61.6 Å². The number of alkyl carbamates (subject to hydrolysis) is 1. The molecule has 11 atom stereocenters. The SMILES string of the molecule is COC1CCC23CC[C@@H](C)[C@](C)(C12)[C@H](OC(=O)NC(=O)[C@H]1CN2CC[C@@H]1C2)C[C@@](C)(CC=CCl)C(=O)[C@@H]3C. The van der Waals surface area contributed by atoms with Gasteiger partial charge in [0.1, 0.15) is 11.9 Å². The van der Waals surface area contributed by atoms with Crippen molar-refractivity contribution >= 4 is 29.4 Å². The number of carbonyl (C=O) groups excluding carboxylic acids is 3. The summed E-state index contributed by atoms with van der Waals surface area (Å²) in [6.45, 7) is 11.3. The first kappa shape index (κ1) is 28.1. The minimum absolute atomic E-state index is 0.00368. The molecule has 3 saturated carbocycles. The number of allylic oxidation sites excluding steroid dienone is 1. The molecular formula is C30H45ClN2O5. The van der Waals surface area contributed by atoms with E-state index in [1.54, 1.807) is 7.11 Å². The van der Waals surface area contributed by atoms with Crippen LogP contribution in [0.5, 0.6) is 0 Å². The van der Waals surface area contributed by atoms with Crippen LogP contribution in [0, 0.1) is 45.8 Å². The Hall–Kier alpha value is -1.44. The van der Waals surface area contributed by atoms with E-state index < -0.39 is 23.0 Å². The van der Waals surface area contributed by atoms with Crippen molar-refractivity contribution in [1.82, 2.24) is 10.2 Å². The summed E-state index contributed by atoms with van der Waals surface area (Å²) >= 11 is 5.93. The molecule has 38 heavy (non-hydrogen) atoms. The lowest BCUT2D eigenvalue weighted by Gasteiger charge is -2.61. The van der Waals surface area contributed by atoms with E-state index in [0.29, 0.717) is 25.3 Å². The third-order valence-corrected chi connectivity index (χ3v) is 12.1. The molecule has 2 amide bonds. The van der Waals surface area contributed by atoms with Crippen molar-refractivity contribution in [2.75, 3.05) is 26.7 Å². The zero-order valence-electron chi connectivity index (χ0n) is 23.6. The lowest BCUT2D eigenvalue weighted by molar-refractivity contribution is -0.191. The number of amides is 2. The molecule has 212 valence electrons. The standard InChI is InChI=1S/C30H45ClN2O5/c1-18-7-11-30-12-8-22(37-5)24(30)29(18,4)23(15-28(3,10-6-13-31)25(34)19(30)2)38-27(36)32-26(35)21-17-33-14-9-20(21)16-33/h6,13,18-24H,7-12,14-17H2,1-5H3,(H,32,35,36)/t18-,19+,20-,21+,22?,23-,24?,28-,29+,30?/m1/s1. The molecule has 5 rings (SSSR count). The molecule has 4 unspecified atom stereocenters. The van der Waals surface area contributed by atoms with Crippen molar-refractivity contribution in [3.8, 4) is 0 Å². The zero-order chi connectivity index (χ0) is 27.5. The van der Waals surface area contributed by atoms with Crippen LogP contribution in [0.2, 0.25) is 0 Å². The number of ether oxygens (including phenoxy) is 2. The number of methoxy groups -OCH3 is 1. The molecule has 1 N–H and O–H groups in total. The van der Waals surface area contributed by atoms with Crippen LogP contribution in [0.25, 0.3) is 0 Å². The molecule has 0 aromatic rings. The molecule has 2 heterocycles. The number of fused-ring (bicyclic) bond motifs is 2. The summed E-state index contributed by atoms with van der Waals surface area (Å²) in [6.07, 6.45) is 6.26. The summed E-state index contributed by atoms with van der Waals surface area (Å²) in [5.74, 6) is 0.340. The predicted octanol–water partition coefficient (Wildman–Crippen LogP) is 5.16. The van der Waals surface area contributed by atoms with Gasteiger partial charge >= 0.3 is 6.09 Å². The van der Waals surface area contributed by atoms with Gasteiger partial charge in [-0.2, -0.15) is 0 Å². The van der Waals surface area contributed by atoms with Gasteiger partial charge in [-0.05, 0) is 68.7 Å². The van der Waals surface area contributed by atoms with Gasteiger partial charge in [-0.15, -0.1) is 0 Å². The largest absolute Gasteiger partial charge is 0.445 e. The first-order chi connectivity index (χ1) is 18.0. The van der Waals surface area contributed by atoms with E-state index in [1.165, 1.54) is 5.54 Å². The molecule has 0 radical (unpaired) electrons. The van der Waals surface area contributed by atoms with Gasteiger partial charge in [-0.3, -0.25) is 14.9 Å². The van der Waals surface area contributed by atoms with Crippen LogP contribution in [0.3, 0.4) is 0 Å². The van der Waals surface area contributed by atoms with Crippen molar-refractivity contribution in [2.45, 2.75) is 84.8 Å². The average molecular weight is 549 g/mol. The fourth-order valence-corrected chi connectivity index (χ4v) is 9.67. The average Bonchev–Trinajstić information content (AvgIpc) is 3.63. The fraction of sp³-hybridized carbons (Fsp3) is 0.833. The van der Waals surface area contributed by atoms with Crippen LogP contribution in [0.1, 0.15) is 72.6 Å². The molecule has 0 aromatic carbocycles. The highest BCUT2D eigenvalue weighted by Gasteiger charge is 2.68. The van der Waals surface area contributed by atoms with Crippen molar-refractivity contribution in [3.63, 3.8) is 0 Å². The van der Waals surface area contributed by atoms with Crippen LogP contribution >= 0.6 is 11.6 Å². The first-order valence-electron chi connectivity index (χ1n) is 14.6. The summed E-state index contributed by atoms with van der Waals surface area (Å²) in [5.41, 5.74) is 0.127. The Labute approximate surface area is 232 Å². The normalized spacial score (nSPS) is 48.0. The number of Topliss-reactive ketones (excluding diaryl/α,β-unsaturated/α-hetero) is 1. The molecule has 0 spiro atoms. The minimum atomic E-state index is -0.737. The van der Waals surface area contributed by atoms with E-state index >= 15 is 0 Å². The molecule has 2 aliphatic heterocycles. The van der Waals surface area contributed by atoms with E-state index in [-0.39, 0.29) is 46.9 Å². The van der Waals surface area contributed by atoms with Crippen LogP contribution in [-0.2, 0) is 19.1 Å². The lowest BCUT2D eigenvalue weighted by atomic mass is 9.43. The minimum Gasteiger partial charge on any atom is -0.445 e. The summed E-state index contributed by atoms with van der Waals surface area (Å²) in [6, 6.07) is 0. The predicted molar refractivity (Wildman–Crippen MR) is 145 cm³/mol. The molecule has 5 fully saturated rings. The molecule has 5 aliphatic rings. The maximum atomic E-state index is 14.3. The van der Waals surface area contributed by atoms with Gasteiger partial charge in [0.05, 0.1) is 12.0 Å². The fourth-order valence-electron chi connectivity index (χ4n) is 9.58. The highest BCUT2D eigenvalue weighted by Crippen LogP contribution is 2.69. The number of imide groups is 1. The van der Waals surface area contributed by atoms with Crippen LogP contribution < -0.4 is 5.32 Å². The van der Waals surface area contributed by atoms with E-state index in [2.05, 4.69) is 31.0 Å². The van der Waals surface area contributed by atoms with Gasteiger partial charge in [0, 0.05) is 48.4 Å². The van der Waals surface area contributed by atoms with Gasteiger partial charge in [0.2, 0.25) is 5.91 Å². The summed E-state index contributed by atoms with van der Waals surface area (Å²) in [5, 5.41) is 2.59. The first-order valence-corrected chi connectivity index (χ1v) is 15.0. The molecule has 4 bridgehead atoms. The van der Waals surface area contributed by atoms with Gasteiger partial charge in [0.15, 0.2) is 0 Å². The number of rotatable bonds is 5. The highest BCUT2D eigenvalue weighted by atomic mass is 35.5. The van der Waals surface area contributed by atoms with Crippen LogP contribution in [0.4, 0.5) is 4.79 Å². The molecule has 3 aliphatic carbocycles. The lowest BCUT2D eigenvalue weighted by Crippen LogP contribution is -2.63. The second-order valence-corrected chi connectivity index (χ2v) is 13.8. The number of hydrogen-bond donors (Lipinski definition) is 1. The van der Waals surface area contributed by atoms with Gasteiger partial charge < -0.3 is 14.4 Å². The molecular weight excluding hydrogens is 504 g/mol. The Morgan fingerprint density at radius 1 is 1.16 bits per heavy atom. The van der Waals surface area contributed by atoms with E-state index in [4.69, 9.17) is 21.1 Å². The van der Waals surface area contributed by atoms with Crippen molar-refractivity contribution in [3.05, 3.63) is 11.6 Å². The van der Waals surface area contributed by atoms with E-state index in [0.717, 1.165) is 45.2 Å². The summed E-state index contributed by atoms with van der Waals surface area (Å²) in [7, 11) is 1.76. The maximum Gasteiger partial charge on any atom is 0.414 e. The van der Waals surface area contributed by atoms with Crippen LogP contribution in [0.15, 0.2) is 11.6 Å². The Morgan fingerprint density at radius 3 is 2.53 bits per heavy atom. The molecule has 0 aromatic heterocycles. The third kappa shape index (κ3) is 4.26. The van der Waals surface area contributed by atoms with Crippen molar-refractivity contribution in [1.29, 1.82) is 0 Å². The second-order valence-electron chi connectivity index (χ2n) is 13.5. The number of nitrogens with one attached hydrogen (secondary N) is 1. The van der Waals surface area contributed by atoms with Gasteiger partial charge in [-0.1, -0.05) is 45.4 Å². The number of piperidine rings is 1. The Bertz CT molecular complexity index is 1000. The van der Waals surface area contributed by atoms with Gasteiger partial charge in [-0.25, -0.2) is 4.79 Å². The molecule has 2 saturated heterocycles. The quantitative estimate of drug-likeness (QED) is 0.510. The Morgan fingerprint density at radius 2 is 1.89 bits per heavy atom. The summed E-state index contributed by atoms with van der Waals surface area (Å²) in [4.78, 5) is 43.0. The molecule has 8 heteroatoms. The summed E-state index contributed by atoms with van der Waals surface area (Å²) < 4.78 is 12.4. The molecule has 7 nitrogen and oxygen atoms in total. The number of carbonyl (C=O) groups is 3. The van der Waals surface area contributed by atoms with E-state index in [1.807, 2.05) is 13.0 Å². The second kappa shape index (κ2) is 10.2. The highest BCUT2D eigenvalue weighted by molar-refractivity contribution is 6.25. The monoisotopic (exact) mass is 548 g/mol. The number of nitrogens with zero attached hydrogens (tertiary/aromatic N) is 1. The Balaban J connectivity index is 1.49. The Kier molecular flexibility index (Phi) is 7.54. The number of halogens is 1. The van der Waals surface area contributed by atoms with Crippen molar-refractivity contribution in [2.24, 2.45) is 45.8 Å². The number of ketones is 1. The smallest absolute Gasteiger partial charge is 0.414 e. The topological polar surface area (TPSA) is 84.9 Å².